The van der Waals surface area contributed by atoms with E-state index in [1.807, 2.05) is 13.8 Å². The van der Waals surface area contributed by atoms with Gasteiger partial charge in [-0.25, -0.2) is 0 Å². The van der Waals surface area contributed by atoms with Crippen molar-refractivity contribution in [2.24, 2.45) is 11.8 Å². The molecule has 1 aliphatic carbocycles. The molecule has 0 radical (unpaired) electrons. The maximum atomic E-state index is 11.5. The molecule has 1 nitrogen and oxygen atoms in total. The van der Waals surface area contributed by atoms with Gasteiger partial charge in [-0.1, -0.05) is 38.8 Å². The molecule has 0 amide bonds. The number of hydrogen-bond acceptors (Lipinski definition) is 1. The first kappa shape index (κ1) is 12.5. The summed E-state index contributed by atoms with van der Waals surface area (Å²) in [6, 6.07) is 0. The van der Waals surface area contributed by atoms with E-state index in [4.69, 9.17) is 0 Å². The first-order valence-electron chi connectivity index (χ1n) is 6.39. The Morgan fingerprint density at radius 2 is 2.13 bits per heavy atom. The van der Waals surface area contributed by atoms with E-state index in [0.29, 0.717) is 11.7 Å². The van der Waals surface area contributed by atoms with Crippen LogP contribution in [0.4, 0.5) is 0 Å². The summed E-state index contributed by atoms with van der Waals surface area (Å²) in [5.74, 6) is 1.29. The van der Waals surface area contributed by atoms with Gasteiger partial charge in [0.15, 0.2) is 0 Å². The van der Waals surface area contributed by atoms with Gasteiger partial charge >= 0.3 is 0 Å². The Balaban J connectivity index is 2.29. The van der Waals surface area contributed by atoms with Gasteiger partial charge < -0.3 is 0 Å². The van der Waals surface area contributed by atoms with Crippen LogP contribution < -0.4 is 0 Å². The van der Waals surface area contributed by atoms with E-state index in [2.05, 4.69) is 12.2 Å². The van der Waals surface area contributed by atoms with Crippen LogP contribution in [-0.4, -0.2) is 5.78 Å². The highest BCUT2D eigenvalue weighted by Crippen LogP contribution is 2.21. The van der Waals surface area contributed by atoms with Crippen molar-refractivity contribution in [3.8, 4) is 0 Å². The van der Waals surface area contributed by atoms with E-state index in [-0.39, 0.29) is 5.92 Å². The minimum atomic E-state index is 0.211. The summed E-state index contributed by atoms with van der Waals surface area (Å²) in [6.45, 7) is 3.99. The van der Waals surface area contributed by atoms with Crippen molar-refractivity contribution < 1.29 is 4.79 Å². The molecular formula is C14H24O. The standard InChI is InChI=1S/C14H24O/c1-12(2)14(15)11-10-13-8-6-4-3-5-7-9-13/h6,8,12-13H,3-5,7,9-11H2,1-2H3. The zero-order valence-electron chi connectivity index (χ0n) is 10.2. The van der Waals surface area contributed by atoms with Crippen molar-refractivity contribution in [3.63, 3.8) is 0 Å². The molecule has 1 aliphatic rings. The Morgan fingerprint density at radius 3 is 2.87 bits per heavy atom. The molecule has 15 heavy (non-hydrogen) atoms. The largest absolute Gasteiger partial charge is 0.299 e. The van der Waals surface area contributed by atoms with E-state index in [9.17, 15) is 4.79 Å². The quantitative estimate of drug-likeness (QED) is 0.635. The minimum absolute atomic E-state index is 0.211. The zero-order chi connectivity index (χ0) is 11.1. The topological polar surface area (TPSA) is 17.1 Å². The highest BCUT2D eigenvalue weighted by molar-refractivity contribution is 5.80. The van der Waals surface area contributed by atoms with Gasteiger partial charge in [-0.2, -0.15) is 0 Å². The van der Waals surface area contributed by atoms with Crippen molar-refractivity contribution in [3.05, 3.63) is 12.2 Å². The maximum absolute atomic E-state index is 11.5. The zero-order valence-corrected chi connectivity index (χ0v) is 10.2. The number of allylic oxidation sites excluding steroid dienone is 2. The van der Waals surface area contributed by atoms with Crippen LogP contribution in [0.3, 0.4) is 0 Å². The number of hydrogen-bond donors (Lipinski definition) is 0. The molecular weight excluding hydrogens is 184 g/mol. The smallest absolute Gasteiger partial charge is 0.135 e. The molecule has 86 valence electrons. The molecule has 0 heterocycles. The van der Waals surface area contributed by atoms with Gasteiger partial charge in [-0.05, 0) is 31.6 Å². The molecule has 0 aromatic rings. The molecule has 1 heteroatoms. The number of carbonyl (C=O) groups is 1. The van der Waals surface area contributed by atoms with Crippen LogP contribution in [0.15, 0.2) is 12.2 Å². The van der Waals surface area contributed by atoms with Gasteiger partial charge in [0.05, 0.1) is 0 Å². The summed E-state index contributed by atoms with van der Waals surface area (Å²) >= 11 is 0. The molecule has 0 fully saturated rings. The maximum Gasteiger partial charge on any atom is 0.135 e. The van der Waals surface area contributed by atoms with Gasteiger partial charge in [0.1, 0.15) is 5.78 Å². The Morgan fingerprint density at radius 1 is 1.33 bits per heavy atom. The van der Waals surface area contributed by atoms with Gasteiger partial charge in [0.2, 0.25) is 0 Å². The lowest BCUT2D eigenvalue weighted by Gasteiger charge is -2.15. The van der Waals surface area contributed by atoms with E-state index in [0.717, 1.165) is 12.8 Å². The van der Waals surface area contributed by atoms with E-state index in [1.54, 1.807) is 0 Å². The summed E-state index contributed by atoms with van der Waals surface area (Å²) in [4.78, 5) is 11.5. The summed E-state index contributed by atoms with van der Waals surface area (Å²) in [5, 5.41) is 0. The van der Waals surface area contributed by atoms with Gasteiger partial charge in [-0.15, -0.1) is 0 Å². The monoisotopic (exact) mass is 208 g/mol. The molecule has 0 N–H and O–H groups in total. The molecule has 0 spiro atoms. The van der Waals surface area contributed by atoms with Crippen molar-refractivity contribution in [1.29, 1.82) is 0 Å². The highest BCUT2D eigenvalue weighted by Gasteiger charge is 2.11. The fourth-order valence-electron chi connectivity index (χ4n) is 2.09. The fourth-order valence-corrected chi connectivity index (χ4v) is 2.09. The lowest BCUT2D eigenvalue weighted by molar-refractivity contribution is -0.122. The predicted octanol–water partition coefficient (Wildman–Crippen LogP) is 4.13. The third-order valence-electron chi connectivity index (χ3n) is 3.26. The SMILES string of the molecule is CC(C)C(=O)CCC1C=CCCCCC1. The molecule has 0 saturated carbocycles. The number of Topliss-reactive ketones (excluding diaryl/α,β-unsaturated/α-hetero) is 1. The summed E-state index contributed by atoms with van der Waals surface area (Å²) < 4.78 is 0. The van der Waals surface area contributed by atoms with Crippen molar-refractivity contribution in [2.45, 2.75) is 58.8 Å². The van der Waals surface area contributed by atoms with Crippen molar-refractivity contribution >= 4 is 5.78 Å². The molecule has 1 atom stereocenters. The number of carbonyl (C=O) groups excluding carboxylic acids is 1. The minimum Gasteiger partial charge on any atom is -0.299 e. The lowest BCUT2D eigenvalue weighted by atomic mass is 9.90. The normalized spacial score (nSPS) is 22.5. The summed E-state index contributed by atoms with van der Waals surface area (Å²) in [5.41, 5.74) is 0. The van der Waals surface area contributed by atoms with Crippen LogP contribution >= 0.6 is 0 Å². The van der Waals surface area contributed by atoms with Crippen LogP contribution in [0.25, 0.3) is 0 Å². The van der Waals surface area contributed by atoms with E-state index in [1.165, 1.54) is 32.1 Å². The first-order chi connectivity index (χ1) is 7.20. The molecule has 0 saturated heterocycles. The van der Waals surface area contributed by atoms with Gasteiger partial charge in [0.25, 0.3) is 0 Å². The van der Waals surface area contributed by atoms with Crippen LogP contribution in [0.5, 0.6) is 0 Å². The summed E-state index contributed by atoms with van der Waals surface area (Å²) in [6.07, 6.45) is 13.0. The van der Waals surface area contributed by atoms with E-state index >= 15 is 0 Å². The Labute approximate surface area is 93.9 Å². The lowest BCUT2D eigenvalue weighted by Crippen LogP contribution is -2.09. The second-order valence-electron chi connectivity index (χ2n) is 4.99. The molecule has 0 aliphatic heterocycles. The predicted molar refractivity (Wildman–Crippen MR) is 64.8 cm³/mol. The number of rotatable bonds is 4. The Hall–Kier alpha value is -0.590. The van der Waals surface area contributed by atoms with Crippen LogP contribution in [0.2, 0.25) is 0 Å². The molecule has 1 unspecified atom stereocenters. The Bertz CT molecular complexity index is 215. The van der Waals surface area contributed by atoms with Crippen LogP contribution in [0.1, 0.15) is 58.8 Å². The average molecular weight is 208 g/mol. The second-order valence-corrected chi connectivity index (χ2v) is 4.99. The highest BCUT2D eigenvalue weighted by atomic mass is 16.1. The third-order valence-corrected chi connectivity index (χ3v) is 3.26. The van der Waals surface area contributed by atoms with Gasteiger partial charge in [-0.3, -0.25) is 4.79 Å². The molecule has 0 aromatic carbocycles. The molecule has 1 rings (SSSR count). The molecule has 0 bridgehead atoms. The second kappa shape index (κ2) is 6.81. The average Bonchev–Trinajstić information content (AvgIpc) is 2.15. The van der Waals surface area contributed by atoms with Crippen molar-refractivity contribution in [2.75, 3.05) is 0 Å². The van der Waals surface area contributed by atoms with Crippen LogP contribution in [0, 0.1) is 11.8 Å². The third kappa shape index (κ3) is 5.15. The fraction of sp³-hybridized carbons (Fsp3) is 0.786. The first-order valence-corrected chi connectivity index (χ1v) is 6.39. The Kier molecular flexibility index (Phi) is 5.67. The van der Waals surface area contributed by atoms with Crippen molar-refractivity contribution in [1.82, 2.24) is 0 Å². The molecule has 0 aromatic heterocycles. The van der Waals surface area contributed by atoms with Crippen LogP contribution in [-0.2, 0) is 4.79 Å². The summed E-state index contributed by atoms with van der Waals surface area (Å²) in [7, 11) is 0. The number of ketones is 1. The van der Waals surface area contributed by atoms with E-state index < -0.39 is 0 Å². The van der Waals surface area contributed by atoms with Gasteiger partial charge in [0, 0.05) is 12.3 Å².